The second-order valence-electron chi connectivity index (χ2n) is 6.99. The van der Waals surface area contributed by atoms with Crippen LogP contribution < -0.4 is 4.74 Å². The van der Waals surface area contributed by atoms with Crippen molar-refractivity contribution in [2.45, 2.75) is 23.5 Å². The predicted molar refractivity (Wildman–Crippen MR) is 118 cm³/mol. The van der Waals surface area contributed by atoms with E-state index in [2.05, 4.69) is 32.6 Å². The third-order valence-electron chi connectivity index (χ3n) is 5.32. The van der Waals surface area contributed by atoms with Gasteiger partial charge in [-0.05, 0) is 53.0 Å². The van der Waals surface area contributed by atoms with Gasteiger partial charge in [0.2, 0.25) is 0 Å². The Labute approximate surface area is 178 Å². The smallest absolute Gasteiger partial charge is 0.256 e. The number of rotatable bonds is 5. The van der Waals surface area contributed by atoms with Crippen LogP contribution in [0.15, 0.2) is 51.8 Å². The van der Waals surface area contributed by atoms with Crippen molar-refractivity contribution in [3.05, 3.63) is 58.2 Å². The molecule has 1 fully saturated rings. The molecule has 0 aliphatic carbocycles. The van der Waals surface area contributed by atoms with Gasteiger partial charge in [0.1, 0.15) is 5.75 Å². The van der Waals surface area contributed by atoms with Gasteiger partial charge in [-0.1, -0.05) is 18.2 Å². The van der Waals surface area contributed by atoms with Crippen LogP contribution in [0.25, 0.3) is 10.9 Å². The molecule has 3 aromatic rings. The third-order valence-corrected chi connectivity index (χ3v) is 6.96. The lowest BCUT2D eigenvalue weighted by Gasteiger charge is -2.16. The first-order chi connectivity index (χ1) is 13.6. The van der Waals surface area contributed by atoms with Gasteiger partial charge in [0, 0.05) is 41.9 Å². The summed E-state index contributed by atoms with van der Waals surface area (Å²) in [6.07, 6.45) is 2.17. The number of fused-ring (bicyclic) bond motifs is 1. The van der Waals surface area contributed by atoms with Gasteiger partial charge in [0.25, 0.3) is 5.91 Å². The maximum Gasteiger partial charge on any atom is 0.256 e. The lowest BCUT2D eigenvalue weighted by molar-refractivity contribution is 0.0793. The van der Waals surface area contributed by atoms with E-state index < -0.39 is 0 Å². The Morgan fingerprint density at radius 1 is 1.18 bits per heavy atom. The van der Waals surface area contributed by atoms with E-state index in [4.69, 9.17) is 4.74 Å². The highest BCUT2D eigenvalue weighted by Crippen LogP contribution is 2.37. The summed E-state index contributed by atoms with van der Waals surface area (Å²) in [6.45, 7) is 1.68. The number of carbonyl (C=O) groups is 1. The molecule has 1 aromatic heterocycles. The van der Waals surface area contributed by atoms with Crippen molar-refractivity contribution >= 4 is 44.5 Å². The summed E-state index contributed by atoms with van der Waals surface area (Å²) in [6, 6.07) is 14.4. The van der Waals surface area contributed by atoms with E-state index in [9.17, 15) is 4.79 Å². The number of hydrogen-bond acceptors (Lipinski definition) is 3. The monoisotopic (exact) mass is 458 g/mol. The number of halogens is 1. The second-order valence-corrected chi connectivity index (χ2v) is 8.89. The summed E-state index contributed by atoms with van der Waals surface area (Å²) in [7, 11) is 3.70. The molecule has 146 valence electrons. The van der Waals surface area contributed by atoms with E-state index in [0.29, 0.717) is 0 Å². The minimum Gasteiger partial charge on any atom is -0.496 e. The zero-order valence-electron chi connectivity index (χ0n) is 16.1. The molecule has 0 atom stereocenters. The van der Waals surface area contributed by atoms with Gasteiger partial charge in [0.15, 0.2) is 0 Å². The Bertz CT molecular complexity index is 1010. The van der Waals surface area contributed by atoms with Crippen molar-refractivity contribution < 1.29 is 9.53 Å². The molecule has 4 rings (SSSR count). The van der Waals surface area contributed by atoms with Crippen molar-refractivity contribution in [3.63, 3.8) is 0 Å². The van der Waals surface area contributed by atoms with Crippen LogP contribution in [0.2, 0.25) is 0 Å². The van der Waals surface area contributed by atoms with Crippen LogP contribution >= 0.6 is 27.7 Å². The van der Waals surface area contributed by atoms with Crippen LogP contribution in [-0.2, 0) is 12.8 Å². The predicted octanol–water partition coefficient (Wildman–Crippen LogP) is 5.48. The van der Waals surface area contributed by atoms with Gasteiger partial charge in [-0.25, -0.2) is 0 Å². The van der Waals surface area contributed by atoms with Crippen LogP contribution in [0, 0.1) is 0 Å². The highest BCUT2D eigenvalue weighted by atomic mass is 79.9. The molecule has 0 saturated carbocycles. The maximum atomic E-state index is 13.4. The molecular formula is C22H23BrN2O2S. The molecule has 0 bridgehead atoms. The summed E-state index contributed by atoms with van der Waals surface area (Å²) in [5.74, 6) is 1.62. The number of methoxy groups -OCH3 is 1. The number of hydrogen-bond donors (Lipinski definition) is 0. The van der Waals surface area contributed by atoms with Crippen molar-refractivity contribution in [1.82, 2.24) is 9.47 Å². The summed E-state index contributed by atoms with van der Waals surface area (Å²) >= 11 is 5.34. The zero-order valence-corrected chi connectivity index (χ0v) is 18.5. The number of nitrogens with zero attached hydrogens (tertiary/aromatic N) is 2. The molecule has 1 saturated heterocycles. The van der Waals surface area contributed by atoms with Crippen molar-refractivity contribution in [3.8, 4) is 5.75 Å². The van der Waals surface area contributed by atoms with Crippen LogP contribution in [0.3, 0.4) is 0 Å². The highest BCUT2D eigenvalue weighted by molar-refractivity contribution is 9.10. The lowest BCUT2D eigenvalue weighted by atomic mass is 10.1. The van der Waals surface area contributed by atoms with Crippen molar-refractivity contribution in [1.29, 1.82) is 0 Å². The molecule has 6 heteroatoms. The SMILES string of the molecule is COc1cc2c(C(=O)N3CCCC3)c(CSc3ccccc3)n(C)c2cc1Br. The van der Waals surface area contributed by atoms with Gasteiger partial charge < -0.3 is 14.2 Å². The molecule has 2 aromatic carbocycles. The number of benzene rings is 2. The minimum absolute atomic E-state index is 0.135. The molecule has 0 unspecified atom stereocenters. The van der Waals surface area contributed by atoms with E-state index in [-0.39, 0.29) is 5.91 Å². The lowest BCUT2D eigenvalue weighted by Crippen LogP contribution is -2.28. The molecular weight excluding hydrogens is 436 g/mol. The number of amides is 1. The average molecular weight is 459 g/mol. The zero-order chi connectivity index (χ0) is 19.7. The molecule has 0 N–H and O–H groups in total. The quantitative estimate of drug-likeness (QED) is 0.474. The molecule has 0 radical (unpaired) electrons. The van der Waals surface area contributed by atoms with Crippen molar-refractivity contribution in [2.24, 2.45) is 7.05 Å². The largest absolute Gasteiger partial charge is 0.496 e. The molecule has 28 heavy (non-hydrogen) atoms. The molecule has 4 nitrogen and oxygen atoms in total. The number of aryl methyl sites for hydroxylation is 1. The average Bonchev–Trinajstić information content (AvgIpc) is 3.34. The molecule has 0 spiro atoms. The standard InChI is InChI=1S/C22H23BrN2O2S/c1-24-18-13-17(23)20(27-2)12-16(18)21(22(26)25-10-6-7-11-25)19(24)14-28-15-8-4-3-5-9-15/h3-5,8-9,12-13H,6-7,10-11,14H2,1-2H3. The first-order valence-electron chi connectivity index (χ1n) is 9.42. The maximum absolute atomic E-state index is 13.4. The summed E-state index contributed by atoms with van der Waals surface area (Å²) in [4.78, 5) is 16.6. The third kappa shape index (κ3) is 3.55. The Morgan fingerprint density at radius 2 is 1.89 bits per heavy atom. The Morgan fingerprint density at radius 3 is 2.57 bits per heavy atom. The first-order valence-corrected chi connectivity index (χ1v) is 11.2. The van der Waals surface area contributed by atoms with Gasteiger partial charge in [0.05, 0.1) is 22.7 Å². The Kier molecular flexibility index (Phi) is 5.69. The van der Waals surface area contributed by atoms with Crippen LogP contribution in [-0.4, -0.2) is 35.6 Å². The van der Waals surface area contributed by atoms with E-state index >= 15 is 0 Å². The van der Waals surface area contributed by atoms with Crippen LogP contribution in [0.1, 0.15) is 28.9 Å². The van der Waals surface area contributed by atoms with Gasteiger partial charge in [-0.2, -0.15) is 0 Å². The fourth-order valence-electron chi connectivity index (χ4n) is 3.80. The van der Waals surface area contributed by atoms with E-state index in [1.807, 2.05) is 42.3 Å². The molecule has 1 aliphatic heterocycles. The van der Waals surface area contributed by atoms with Gasteiger partial charge >= 0.3 is 0 Å². The summed E-state index contributed by atoms with van der Waals surface area (Å²) in [5.41, 5.74) is 2.91. The minimum atomic E-state index is 0.135. The number of aromatic nitrogens is 1. The fourth-order valence-corrected chi connectivity index (χ4v) is 5.28. The van der Waals surface area contributed by atoms with Gasteiger partial charge in [-0.15, -0.1) is 11.8 Å². The summed E-state index contributed by atoms with van der Waals surface area (Å²) < 4.78 is 8.55. The van der Waals surface area contributed by atoms with Gasteiger partial charge in [-0.3, -0.25) is 4.79 Å². The Hall–Kier alpha value is -1.92. The van der Waals surface area contributed by atoms with E-state index in [1.165, 1.54) is 4.90 Å². The number of likely N-dealkylation sites (tertiary alicyclic amines) is 1. The number of ether oxygens (including phenoxy) is 1. The normalized spacial score (nSPS) is 14.0. The van der Waals surface area contributed by atoms with Crippen LogP contribution in [0.5, 0.6) is 5.75 Å². The van der Waals surface area contributed by atoms with Crippen molar-refractivity contribution in [2.75, 3.05) is 20.2 Å². The number of carbonyl (C=O) groups excluding carboxylic acids is 1. The first kappa shape index (κ1) is 19.4. The van der Waals surface area contributed by atoms with E-state index in [0.717, 1.165) is 64.1 Å². The molecule has 2 heterocycles. The fraction of sp³-hybridized carbons (Fsp3) is 0.318. The Balaban J connectivity index is 1.82. The topological polar surface area (TPSA) is 34.5 Å². The number of thioether (sulfide) groups is 1. The van der Waals surface area contributed by atoms with Crippen LogP contribution in [0.4, 0.5) is 0 Å². The molecule has 1 amide bonds. The highest BCUT2D eigenvalue weighted by Gasteiger charge is 2.27. The summed E-state index contributed by atoms with van der Waals surface area (Å²) in [5, 5.41) is 0.961. The second kappa shape index (κ2) is 8.21. The molecule has 1 aliphatic rings. The van der Waals surface area contributed by atoms with E-state index in [1.54, 1.807) is 18.9 Å².